The van der Waals surface area contributed by atoms with Crippen LogP contribution in [0.2, 0.25) is 0 Å². The standard InChI is InChI=1S/C17H21N3O3S/c21-14(13-10-11-6-2-3-7-12(11)24-13)19-20-15(22)17(18-16(20)23)8-4-1-5-9-17/h10H,1-9H2,(H,18,23)(H,19,21). The van der Waals surface area contributed by atoms with Crippen molar-refractivity contribution < 1.29 is 14.4 Å². The van der Waals surface area contributed by atoms with Gasteiger partial charge in [-0.2, -0.15) is 5.01 Å². The van der Waals surface area contributed by atoms with Crippen molar-refractivity contribution >= 4 is 29.2 Å². The zero-order valence-electron chi connectivity index (χ0n) is 13.5. The Labute approximate surface area is 144 Å². The van der Waals surface area contributed by atoms with Crippen LogP contribution in [0.15, 0.2) is 6.07 Å². The van der Waals surface area contributed by atoms with Crippen LogP contribution < -0.4 is 10.7 Å². The maximum atomic E-state index is 12.7. The van der Waals surface area contributed by atoms with Crippen molar-refractivity contribution in [1.29, 1.82) is 0 Å². The number of imide groups is 1. The lowest BCUT2D eigenvalue weighted by Crippen LogP contribution is -2.50. The SMILES string of the molecule is O=C(NN1C(=O)NC2(CCCCC2)C1=O)c1cc2c(s1)CCCC2. The van der Waals surface area contributed by atoms with Crippen LogP contribution in [-0.4, -0.2) is 28.4 Å². The highest BCUT2D eigenvalue weighted by molar-refractivity contribution is 7.14. The van der Waals surface area contributed by atoms with Crippen LogP contribution in [0.4, 0.5) is 4.79 Å². The highest BCUT2D eigenvalue weighted by Gasteiger charge is 2.52. The Bertz CT molecular complexity index is 682. The largest absolute Gasteiger partial charge is 0.344 e. The number of nitrogens with zero attached hydrogens (tertiary/aromatic N) is 1. The van der Waals surface area contributed by atoms with Crippen LogP contribution in [0.5, 0.6) is 0 Å². The van der Waals surface area contributed by atoms with E-state index in [1.165, 1.54) is 21.8 Å². The normalized spacial score (nSPS) is 22.4. The Morgan fingerprint density at radius 1 is 1.12 bits per heavy atom. The molecule has 1 saturated carbocycles. The summed E-state index contributed by atoms with van der Waals surface area (Å²) in [6.45, 7) is 0. The zero-order chi connectivity index (χ0) is 16.7. The molecule has 0 bridgehead atoms. The van der Waals surface area contributed by atoms with Gasteiger partial charge in [0.15, 0.2) is 0 Å². The van der Waals surface area contributed by atoms with Gasteiger partial charge in [-0.1, -0.05) is 19.3 Å². The minimum absolute atomic E-state index is 0.318. The molecule has 1 spiro atoms. The average Bonchev–Trinajstić information content (AvgIpc) is 3.11. The molecule has 128 valence electrons. The van der Waals surface area contributed by atoms with Gasteiger partial charge in [0, 0.05) is 4.88 Å². The van der Waals surface area contributed by atoms with Gasteiger partial charge < -0.3 is 5.32 Å². The molecule has 0 atom stereocenters. The molecular weight excluding hydrogens is 326 g/mol. The number of thiophene rings is 1. The molecule has 1 aliphatic heterocycles. The van der Waals surface area contributed by atoms with Gasteiger partial charge in [0.1, 0.15) is 5.54 Å². The van der Waals surface area contributed by atoms with Crippen LogP contribution >= 0.6 is 11.3 Å². The second-order valence-electron chi connectivity index (χ2n) is 6.92. The fraction of sp³-hybridized carbons (Fsp3) is 0.588. The van der Waals surface area contributed by atoms with Gasteiger partial charge in [-0.15, -0.1) is 11.3 Å². The fourth-order valence-electron chi connectivity index (χ4n) is 3.98. The predicted octanol–water partition coefficient (Wildman–Crippen LogP) is 2.53. The van der Waals surface area contributed by atoms with E-state index >= 15 is 0 Å². The third-order valence-corrected chi connectivity index (χ3v) is 6.54. The lowest BCUT2D eigenvalue weighted by Gasteiger charge is -2.30. The first kappa shape index (κ1) is 15.6. The second kappa shape index (κ2) is 5.88. The summed E-state index contributed by atoms with van der Waals surface area (Å²) in [6, 6.07) is 1.39. The van der Waals surface area contributed by atoms with Gasteiger partial charge in [-0.25, -0.2) is 4.79 Å². The number of nitrogens with one attached hydrogen (secondary N) is 2. The topological polar surface area (TPSA) is 78.5 Å². The molecule has 7 heteroatoms. The number of carbonyl (C=O) groups excluding carboxylic acids is 3. The molecule has 2 heterocycles. The number of hydrazine groups is 1. The number of urea groups is 1. The third-order valence-electron chi connectivity index (χ3n) is 5.30. The number of aryl methyl sites for hydroxylation is 2. The van der Waals surface area contributed by atoms with Crippen LogP contribution in [-0.2, 0) is 17.6 Å². The molecule has 0 radical (unpaired) electrons. The molecule has 4 amide bonds. The maximum Gasteiger partial charge on any atom is 0.344 e. The molecule has 6 nitrogen and oxygen atoms in total. The minimum Gasteiger partial charge on any atom is -0.322 e. The highest BCUT2D eigenvalue weighted by Crippen LogP contribution is 2.33. The minimum atomic E-state index is -0.808. The Hall–Kier alpha value is -1.89. The van der Waals surface area contributed by atoms with Crippen molar-refractivity contribution in [3.8, 4) is 0 Å². The predicted molar refractivity (Wildman–Crippen MR) is 89.6 cm³/mol. The van der Waals surface area contributed by atoms with Crippen LogP contribution in [0, 0.1) is 0 Å². The number of amides is 4. The zero-order valence-corrected chi connectivity index (χ0v) is 14.3. The van der Waals surface area contributed by atoms with E-state index in [4.69, 9.17) is 0 Å². The average molecular weight is 347 g/mol. The van der Waals surface area contributed by atoms with Gasteiger partial charge in [0.2, 0.25) is 0 Å². The van der Waals surface area contributed by atoms with Crippen LogP contribution in [0.3, 0.4) is 0 Å². The molecule has 1 saturated heterocycles. The Morgan fingerprint density at radius 3 is 2.62 bits per heavy atom. The van der Waals surface area contributed by atoms with E-state index in [1.54, 1.807) is 0 Å². The van der Waals surface area contributed by atoms with E-state index < -0.39 is 11.6 Å². The van der Waals surface area contributed by atoms with E-state index in [9.17, 15) is 14.4 Å². The van der Waals surface area contributed by atoms with E-state index in [-0.39, 0.29) is 11.8 Å². The smallest absolute Gasteiger partial charge is 0.322 e. The number of rotatable bonds is 2. The Morgan fingerprint density at radius 2 is 1.88 bits per heavy atom. The monoisotopic (exact) mass is 347 g/mol. The van der Waals surface area contributed by atoms with E-state index in [2.05, 4.69) is 10.7 Å². The summed E-state index contributed by atoms with van der Waals surface area (Å²) in [5, 5.41) is 3.68. The molecule has 1 aromatic heterocycles. The maximum absolute atomic E-state index is 12.7. The van der Waals surface area contributed by atoms with Crippen molar-refractivity contribution in [2.24, 2.45) is 0 Å². The fourth-order valence-corrected chi connectivity index (χ4v) is 5.12. The van der Waals surface area contributed by atoms with E-state index in [0.29, 0.717) is 17.7 Å². The molecule has 1 aromatic rings. The summed E-state index contributed by atoms with van der Waals surface area (Å²) in [5.74, 6) is -0.687. The molecule has 0 unspecified atom stereocenters. The lowest BCUT2D eigenvalue weighted by atomic mass is 9.82. The molecule has 0 aromatic carbocycles. The van der Waals surface area contributed by atoms with Crippen molar-refractivity contribution in [2.75, 3.05) is 0 Å². The quantitative estimate of drug-likeness (QED) is 0.807. The van der Waals surface area contributed by atoms with Crippen molar-refractivity contribution in [3.63, 3.8) is 0 Å². The molecule has 24 heavy (non-hydrogen) atoms. The summed E-state index contributed by atoms with van der Waals surface area (Å²) in [6.07, 6.45) is 8.55. The number of carbonyl (C=O) groups is 3. The summed E-state index contributed by atoms with van der Waals surface area (Å²) in [4.78, 5) is 39.2. The highest BCUT2D eigenvalue weighted by atomic mass is 32.1. The lowest BCUT2D eigenvalue weighted by molar-refractivity contribution is -0.134. The first-order chi connectivity index (χ1) is 11.6. The van der Waals surface area contributed by atoms with E-state index in [1.807, 2.05) is 6.07 Å². The number of hydrogen-bond donors (Lipinski definition) is 2. The summed E-state index contributed by atoms with van der Waals surface area (Å²) in [7, 11) is 0. The molecule has 4 rings (SSSR count). The Kier molecular flexibility index (Phi) is 3.83. The summed E-state index contributed by atoms with van der Waals surface area (Å²) >= 11 is 1.47. The van der Waals surface area contributed by atoms with Crippen LogP contribution in [0.25, 0.3) is 0 Å². The molecule has 2 N–H and O–H groups in total. The first-order valence-electron chi connectivity index (χ1n) is 8.68. The van der Waals surface area contributed by atoms with Gasteiger partial charge in [-0.3, -0.25) is 15.0 Å². The van der Waals surface area contributed by atoms with Gasteiger partial charge in [0.05, 0.1) is 4.88 Å². The second-order valence-corrected chi connectivity index (χ2v) is 8.06. The summed E-state index contributed by atoms with van der Waals surface area (Å²) < 4.78 is 0. The first-order valence-corrected chi connectivity index (χ1v) is 9.50. The molecule has 2 fully saturated rings. The molecule has 2 aliphatic carbocycles. The van der Waals surface area contributed by atoms with Crippen molar-refractivity contribution in [2.45, 2.75) is 63.3 Å². The van der Waals surface area contributed by atoms with Gasteiger partial charge in [-0.05, 0) is 50.2 Å². The molecule has 3 aliphatic rings. The van der Waals surface area contributed by atoms with Gasteiger partial charge in [0.25, 0.3) is 11.8 Å². The van der Waals surface area contributed by atoms with Crippen molar-refractivity contribution in [1.82, 2.24) is 15.8 Å². The number of hydrogen-bond acceptors (Lipinski definition) is 4. The van der Waals surface area contributed by atoms with Crippen molar-refractivity contribution in [3.05, 3.63) is 21.4 Å². The summed E-state index contributed by atoms with van der Waals surface area (Å²) in [5.41, 5.74) is 2.94. The number of fused-ring (bicyclic) bond motifs is 1. The van der Waals surface area contributed by atoms with Gasteiger partial charge >= 0.3 is 6.03 Å². The Balaban J connectivity index is 1.50. The van der Waals surface area contributed by atoms with E-state index in [0.717, 1.165) is 50.0 Å². The van der Waals surface area contributed by atoms with Crippen LogP contribution in [0.1, 0.15) is 65.1 Å². The third kappa shape index (κ3) is 2.51. The molecular formula is C17H21N3O3S.